The molecule has 21 heavy (non-hydrogen) atoms. The van der Waals surface area contributed by atoms with E-state index in [4.69, 9.17) is 0 Å². The van der Waals surface area contributed by atoms with Crippen molar-refractivity contribution >= 4 is 11.6 Å². The first kappa shape index (κ1) is 12.5. The molecule has 2 aromatic carbocycles. The van der Waals surface area contributed by atoms with Crippen molar-refractivity contribution in [2.45, 2.75) is 19.3 Å². The third-order valence-corrected chi connectivity index (χ3v) is 4.81. The summed E-state index contributed by atoms with van der Waals surface area (Å²) in [5.74, 6) is 0.389. The van der Waals surface area contributed by atoms with E-state index >= 15 is 0 Å². The summed E-state index contributed by atoms with van der Waals surface area (Å²) < 4.78 is 0. The molecule has 0 N–H and O–H groups in total. The number of benzene rings is 2. The van der Waals surface area contributed by atoms with E-state index in [1.807, 2.05) is 48.5 Å². The predicted molar refractivity (Wildman–Crippen MR) is 80.6 cm³/mol. The molecule has 0 amide bonds. The molecule has 2 atom stereocenters. The molecule has 0 saturated carbocycles. The van der Waals surface area contributed by atoms with Gasteiger partial charge in [-0.1, -0.05) is 48.5 Å². The first-order chi connectivity index (χ1) is 10.2. The number of hydrogen-bond acceptors (Lipinski definition) is 2. The van der Waals surface area contributed by atoms with Gasteiger partial charge in [0, 0.05) is 23.0 Å². The smallest absolute Gasteiger partial charge is 0.166 e. The van der Waals surface area contributed by atoms with Crippen molar-refractivity contribution in [3.05, 3.63) is 70.8 Å². The molecule has 2 heteroatoms. The number of fused-ring (bicyclic) bond motifs is 2. The molecule has 2 aromatic rings. The van der Waals surface area contributed by atoms with Gasteiger partial charge in [0.25, 0.3) is 0 Å². The molecular weight excluding hydrogens is 260 g/mol. The van der Waals surface area contributed by atoms with Gasteiger partial charge in [-0.2, -0.15) is 0 Å². The number of carbonyl (C=O) groups is 2. The first-order valence-corrected chi connectivity index (χ1v) is 7.48. The third kappa shape index (κ3) is 1.94. The quantitative estimate of drug-likeness (QED) is 0.841. The molecule has 0 saturated heterocycles. The molecule has 2 nitrogen and oxygen atoms in total. The van der Waals surface area contributed by atoms with Crippen molar-refractivity contribution < 1.29 is 9.59 Å². The van der Waals surface area contributed by atoms with Gasteiger partial charge < -0.3 is 0 Å². The SMILES string of the molecule is O=C1c2ccccc2C[C@@H]1C[C@H]1Cc2ccccc2C1=O. The molecule has 0 fully saturated rings. The van der Waals surface area contributed by atoms with Crippen LogP contribution in [0.25, 0.3) is 0 Å². The number of rotatable bonds is 2. The summed E-state index contributed by atoms with van der Waals surface area (Å²) in [6, 6.07) is 15.6. The second-order valence-electron chi connectivity index (χ2n) is 6.08. The van der Waals surface area contributed by atoms with Crippen LogP contribution in [0.4, 0.5) is 0 Å². The molecule has 0 bridgehead atoms. The maximum Gasteiger partial charge on any atom is 0.166 e. The molecule has 2 aliphatic rings. The van der Waals surface area contributed by atoms with Crippen LogP contribution in [0.1, 0.15) is 38.3 Å². The summed E-state index contributed by atoms with van der Waals surface area (Å²) in [7, 11) is 0. The molecule has 4 rings (SSSR count). The summed E-state index contributed by atoms with van der Waals surface area (Å²) in [6.45, 7) is 0. The van der Waals surface area contributed by atoms with Crippen LogP contribution in [0.2, 0.25) is 0 Å². The zero-order valence-electron chi connectivity index (χ0n) is 11.7. The van der Waals surface area contributed by atoms with Gasteiger partial charge in [-0.15, -0.1) is 0 Å². The summed E-state index contributed by atoms with van der Waals surface area (Å²) >= 11 is 0. The minimum Gasteiger partial charge on any atom is -0.294 e. The van der Waals surface area contributed by atoms with E-state index in [9.17, 15) is 9.59 Å². The van der Waals surface area contributed by atoms with Gasteiger partial charge in [0.1, 0.15) is 0 Å². The lowest BCUT2D eigenvalue weighted by Crippen LogP contribution is -2.18. The Morgan fingerprint density at radius 1 is 0.714 bits per heavy atom. The number of Topliss-reactive ketones (excluding diaryl/α,β-unsaturated/α-hetero) is 2. The maximum absolute atomic E-state index is 12.5. The number of hydrogen-bond donors (Lipinski definition) is 0. The highest BCUT2D eigenvalue weighted by Gasteiger charge is 2.37. The van der Waals surface area contributed by atoms with E-state index < -0.39 is 0 Å². The summed E-state index contributed by atoms with van der Waals surface area (Å²) in [5, 5.41) is 0. The average molecular weight is 276 g/mol. The van der Waals surface area contributed by atoms with Crippen LogP contribution in [-0.2, 0) is 12.8 Å². The monoisotopic (exact) mass is 276 g/mol. The molecule has 0 aliphatic heterocycles. The van der Waals surface area contributed by atoms with Gasteiger partial charge in [-0.05, 0) is 30.4 Å². The largest absolute Gasteiger partial charge is 0.294 e. The number of carbonyl (C=O) groups excluding carboxylic acids is 2. The van der Waals surface area contributed by atoms with Crippen molar-refractivity contribution in [3.63, 3.8) is 0 Å². The predicted octanol–water partition coefficient (Wildman–Crippen LogP) is 3.49. The van der Waals surface area contributed by atoms with Crippen molar-refractivity contribution in [1.82, 2.24) is 0 Å². The zero-order valence-corrected chi connectivity index (χ0v) is 11.7. The molecule has 0 aromatic heterocycles. The van der Waals surface area contributed by atoms with Gasteiger partial charge in [0.2, 0.25) is 0 Å². The summed E-state index contributed by atoms with van der Waals surface area (Å²) in [5.41, 5.74) is 3.97. The van der Waals surface area contributed by atoms with Crippen LogP contribution in [0.3, 0.4) is 0 Å². The number of ketones is 2. The first-order valence-electron chi connectivity index (χ1n) is 7.48. The van der Waals surface area contributed by atoms with E-state index in [0.29, 0.717) is 6.42 Å². The summed E-state index contributed by atoms with van der Waals surface area (Å²) in [6.07, 6.45) is 2.26. The highest BCUT2D eigenvalue weighted by molar-refractivity contribution is 6.04. The molecule has 0 unspecified atom stereocenters. The van der Waals surface area contributed by atoms with E-state index in [1.54, 1.807) is 0 Å². The Bertz CT molecular complexity index is 681. The van der Waals surface area contributed by atoms with Crippen LogP contribution >= 0.6 is 0 Å². The van der Waals surface area contributed by atoms with E-state index in [0.717, 1.165) is 35.1 Å². The van der Waals surface area contributed by atoms with Crippen LogP contribution in [0, 0.1) is 11.8 Å². The minimum atomic E-state index is -0.0225. The Kier molecular flexibility index (Phi) is 2.78. The fourth-order valence-electron chi connectivity index (χ4n) is 3.76. The van der Waals surface area contributed by atoms with Crippen molar-refractivity contribution in [2.24, 2.45) is 11.8 Å². The zero-order chi connectivity index (χ0) is 14.4. The minimum absolute atomic E-state index is 0.0225. The van der Waals surface area contributed by atoms with Gasteiger partial charge in [0.15, 0.2) is 11.6 Å². The second kappa shape index (κ2) is 4.66. The molecule has 0 radical (unpaired) electrons. The third-order valence-electron chi connectivity index (χ3n) is 4.81. The van der Waals surface area contributed by atoms with Gasteiger partial charge in [-0.3, -0.25) is 9.59 Å². The lowest BCUT2D eigenvalue weighted by molar-refractivity contribution is 0.0872. The van der Waals surface area contributed by atoms with Crippen LogP contribution in [-0.4, -0.2) is 11.6 Å². The summed E-state index contributed by atoms with van der Waals surface area (Å²) in [4.78, 5) is 24.9. The molecular formula is C19H16O2. The molecule has 2 aliphatic carbocycles. The van der Waals surface area contributed by atoms with E-state index in [-0.39, 0.29) is 23.4 Å². The lowest BCUT2D eigenvalue weighted by Gasteiger charge is -2.12. The second-order valence-corrected chi connectivity index (χ2v) is 6.08. The standard InChI is InChI=1S/C19H16O2/c20-18-14(9-12-5-1-3-7-16(12)18)11-15-10-13-6-2-4-8-17(13)19(15)21/h1-8,14-15H,9-11H2/t14-,15-/m1/s1. The van der Waals surface area contributed by atoms with Gasteiger partial charge in [-0.25, -0.2) is 0 Å². The Morgan fingerprint density at radius 2 is 1.14 bits per heavy atom. The average Bonchev–Trinajstić information content (AvgIpc) is 2.99. The van der Waals surface area contributed by atoms with Gasteiger partial charge >= 0.3 is 0 Å². The highest BCUT2D eigenvalue weighted by Crippen LogP contribution is 2.36. The molecule has 104 valence electrons. The Hall–Kier alpha value is -2.22. The molecule has 0 heterocycles. The highest BCUT2D eigenvalue weighted by atomic mass is 16.1. The van der Waals surface area contributed by atoms with Crippen LogP contribution in [0.15, 0.2) is 48.5 Å². The van der Waals surface area contributed by atoms with Crippen LogP contribution < -0.4 is 0 Å². The van der Waals surface area contributed by atoms with Crippen LogP contribution in [0.5, 0.6) is 0 Å². The maximum atomic E-state index is 12.5. The topological polar surface area (TPSA) is 34.1 Å². The van der Waals surface area contributed by atoms with E-state index in [2.05, 4.69) is 0 Å². The van der Waals surface area contributed by atoms with Crippen molar-refractivity contribution in [3.8, 4) is 0 Å². The van der Waals surface area contributed by atoms with Crippen molar-refractivity contribution in [1.29, 1.82) is 0 Å². The van der Waals surface area contributed by atoms with Crippen molar-refractivity contribution in [2.75, 3.05) is 0 Å². The Labute approximate surface area is 123 Å². The lowest BCUT2D eigenvalue weighted by atomic mass is 9.89. The molecule has 0 spiro atoms. The van der Waals surface area contributed by atoms with Gasteiger partial charge in [0.05, 0.1) is 0 Å². The fourth-order valence-corrected chi connectivity index (χ4v) is 3.76. The Morgan fingerprint density at radius 3 is 1.57 bits per heavy atom. The fraction of sp³-hybridized carbons (Fsp3) is 0.263. The van der Waals surface area contributed by atoms with E-state index in [1.165, 1.54) is 0 Å². The normalized spacial score (nSPS) is 23.2. The Balaban J connectivity index is 1.55.